The summed E-state index contributed by atoms with van der Waals surface area (Å²) < 4.78 is 32.7. The first-order valence-electron chi connectivity index (χ1n) is 7.59. The zero-order valence-corrected chi connectivity index (χ0v) is 15.6. The van der Waals surface area contributed by atoms with Gasteiger partial charge >= 0.3 is 0 Å². The molecular weight excluding hydrogens is 369 g/mol. The molecular formula is C17H19Cl2NO3S. The number of rotatable bonds is 8. The van der Waals surface area contributed by atoms with Gasteiger partial charge in [0, 0.05) is 11.6 Å². The van der Waals surface area contributed by atoms with Crippen molar-refractivity contribution >= 4 is 33.2 Å². The highest BCUT2D eigenvalue weighted by molar-refractivity contribution is 7.89. The van der Waals surface area contributed by atoms with E-state index in [0.717, 1.165) is 11.3 Å². The van der Waals surface area contributed by atoms with Crippen LogP contribution in [0.2, 0.25) is 10.0 Å². The lowest BCUT2D eigenvalue weighted by Crippen LogP contribution is -2.25. The molecule has 0 heterocycles. The average molecular weight is 388 g/mol. The van der Waals surface area contributed by atoms with E-state index in [1.807, 2.05) is 31.2 Å². The lowest BCUT2D eigenvalue weighted by molar-refractivity contribution is 0.336. The summed E-state index contributed by atoms with van der Waals surface area (Å²) in [6, 6.07) is 12.1. The molecule has 24 heavy (non-hydrogen) atoms. The number of hydrogen-bond acceptors (Lipinski definition) is 3. The predicted molar refractivity (Wildman–Crippen MR) is 97.6 cm³/mol. The first-order chi connectivity index (χ1) is 11.4. The van der Waals surface area contributed by atoms with Crippen LogP contribution in [0.3, 0.4) is 0 Å². The molecule has 7 heteroatoms. The number of para-hydroxylation sites is 1. The largest absolute Gasteiger partial charge is 0.494 e. The molecule has 0 atom stereocenters. The maximum absolute atomic E-state index is 12.3. The Morgan fingerprint density at radius 1 is 1.12 bits per heavy atom. The Balaban J connectivity index is 1.95. The second-order valence-corrected chi connectivity index (χ2v) is 7.70. The highest BCUT2D eigenvalue weighted by Gasteiger charge is 2.17. The molecule has 0 aromatic heterocycles. The summed E-state index contributed by atoms with van der Waals surface area (Å²) in [5.41, 5.74) is 1.05. The van der Waals surface area contributed by atoms with E-state index in [-0.39, 0.29) is 9.92 Å². The van der Waals surface area contributed by atoms with Gasteiger partial charge in [0.25, 0.3) is 0 Å². The van der Waals surface area contributed by atoms with Crippen LogP contribution in [0.25, 0.3) is 0 Å². The van der Waals surface area contributed by atoms with Gasteiger partial charge in [0.1, 0.15) is 10.6 Å². The zero-order chi connectivity index (χ0) is 17.6. The molecule has 4 nitrogen and oxygen atoms in total. The number of nitrogens with one attached hydrogen (secondary N) is 1. The molecule has 0 unspecified atom stereocenters. The van der Waals surface area contributed by atoms with Gasteiger partial charge in [0.05, 0.1) is 11.6 Å². The summed E-state index contributed by atoms with van der Waals surface area (Å²) in [4.78, 5) is -0.00798. The standard InChI is InChI=1S/C17H19Cl2NO3S/c1-2-23-16-8-4-3-6-13(16)7-5-11-20-24(21,22)17-12-14(18)9-10-15(17)19/h3-4,6,8-10,12,20H,2,5,7,11H2,1H3. The number of halogens is 2. The van der Waals surface area contributed by atoms with Crippen molar-refractivity contribution in [1.29, 1.82) is 0 Å². The number of benzene rings is 2. The minimum atomic E-state index is -3.69. The molecule has 0 amide bonds. The van der Waals surface area contributed by atoms with Crippen molar-refractivity contribution in [3.8, 4) is 5.75 Å². The predicted octanol–water partition coefficient (Wildman–Crippen LogP) is 4.30. The molecule has 1 N–H and O–H groups in total. The van der Waals surface area contributed by atoms with Crippen LogP contribution in [-0.2, 0) is 16.4 Å². The smallest absolute Gasteiger partial charge is 0.242 e. The summed E-state index contributed by atoms with van der Waals surface area (Å²) >= 11 is 11.8. The summed E-state index contributed by atoms with van der Waals surface area (Å²) in [5, 5.41) is 0.471. The monoisotopic (exact) mass is 387 g/mol. The minimum Gasteiger partial charge on any atom is -0.494 e. The normalized spacial score (nSPS) is 11.5. The van der Waals surface area contributed by atoms with Gasteiger partial charge in [0.15, 0.2) is 0 Å². The van der Waals surface area contributed by atoms with Crippen molar-refractivity contribution < 1.29 is 13.2 Å². The molecule has 0 bridgehead atoms. The van der Waals surface area contributed by atoms with Crippen LogP contribution in [0, 0.1) is 0 Å². The van der Waals surface area contributed by atoms with Crippen molar-refractivity contribution in [2.45, 2.75) is 24.7 Å². The second-order valence-electron chi connectivity index (χ2n) is 5.12. The second kappa shape index (κ2) is 8.72. The fourth-order valence-corrected chi connectivity index (χ4v) is 4.09. The topological polar surface area (TPSA) is 55.4 Å². The maximum Gasteiger partial charge on any atom is 0.242 e. The zero-order valence-electron chi connectivity index (χ0n) is 13.3. The summed E-state index contributed by atoms with van der Waals surface area (Å²) in [6.07, 6.45) is 1.35. The van der Waals surface area contributed by atoms with E-state index in [9.17, 15) is 8.42 Å². The fourth-order valence-electron chi connectivity index (χ4n) is 2.25. The van der Waals surface area contributed by atoms with Crippen LogP contribution in [0.5, 0.6) is 5.75 Å². The SMILES string of the molecule is CCOc1ccccc1CCCNS(=O)(=O)c1cc(Cl)ccc1Cl. The summed E-state index contributed by atoms with van der Waals surface area (Å²) in [7, 11) is -3.69. The number of sulfonamides is 1. The van der Waals surface area contributed by atoms with E-state index in [4.69, 9.17) is 27.9 Å². The molecule has 2 aromatic rings. The van der Waals surface area contributed by atoms with Gasteiger partial charge in [-0.1, -0.05) is 41.4 Å². The maximum atomic E-state index is 12.3. The van der Waals surface area contributed by atoms with E-state index in [1.165, 1.54) is 12.1 Å². The van der Waals surface area contributed by atoms with Crippen LogP contribution >= 0.6 is 23.2 Å². The van der Waals surface area contributed by atoms with Crippen molar-refractivity contribution in [3.05, 3.63) is 58.1 Å². The third kappa shape index (κ3) is 5.11. The van der Waals surface area contributed by atoms with E-state index < -0.39 is 10.0 Å². The molecule has 0 saturated heterocycles. The van der Waals surface area contributed by atoms with E-state index in [1.54, 1.807) is 6.07 Å². The van der Waals surface area contributed by atoms with Crippen molar-refractivity contribution in [1.82, 2.24) is 4.72 Å². The van der Waals surface area contributed by atoms with E-state index in [0.29, 0.717) is 31.0 Å². The fraction of sp³-hybridized carbons (Fsp3) is 0.294. The molecule has 2 rings (SSSR count). The van der Waals surface area contributed by atoms with E-state index >= 15 is 0 Å². The quantitative estimate of drug-likeness (QED) is 0.686. The Morgan fingerprint density at radius 2 is 1.88 bits per heavy atom. The molecule has 0 radical (unpaired) electrons. The molecule has 0 spiro atoms. The summed E-state index contributed by atoms with van der Waals surface area (Å²) in [5.74, 6) is 0.834. The van der Waals surface area contributed by atoms with Crippen LogP contribution in [-0.4, -0.2) is 21.6 Å². The Kier molecular flexibility index (Phi) is 6.92. The molecule has 130 valence electrons. The van der Waals surface area contributed by atoms with Crippen LogP contribution in [0.15, 0.2) is 47.4 Å². The van der Waals surface area contributed by atoms with Crippen molar-refractivity contribution in [3.63, 3.8) is 0 Å². The Morgan fingerprint density at radius 3 is 2.62 bits per heavy atom. The molecule has 0 saturated carbocycles. The third-order valence-electron chi connectivity index (χ3n) is 3.37. The molecule has 0 aliphatic carbocycles. The highest BCUT2D eigenvalue weighted by atomic mass is 35.5. The van der Waals surface area contributed by atoms with Crippen LogP contribution < -0.4 is 9.46 Å². The number of hydrogen-bond donors (Lipinski definition) is 1. The lowest BCUT2D eigenvalue weighted by Gasteiger charge is -2.11. The van der Waals surface area contributed by atoms with Gasteiger partial charge in [-0.2, -0.15) is 0 Å². The van der Waals surface area contributed by atoms with E-state index in [2.05, 4.69) is 4.72 Å². The van der Waals surface area contributed by atoms with Crippen LogP contribution in [0.1, 0.15) is 18.9 Å². The average Bonchev–Trinajstić information content (AvgIpc) is 2.55. The van der Waals surface area contributed by atoms with Gasteiger partial charge in [-0.25, -0.2) is 13.1 Å². The highest BCUT2D eigenvalue weighted by Crippen LogP contribution is 2.25. The van der Waals surface area contributed by atoms with Gasteiger partial charge < -0.3 is 4.74 Å². The van der Waals surface area contributed by atoms with Crippen LogP contribution in [0.4, 0.5) is 0 Å². The molecule has 2 aromatic carbocycles. The summed E-state index contributed by atoms with van der Waals surface area (Å²) in [6.45, 7) is 2.82. The Hall–Kier alpha value is -1.27. The first kappa shape index (κ1) is 19.1. The first-order valence-corrected chi connectivity index (χ1v) is 9.83. The Labute approximate surface area is 152 Å². The van der Waals surface area contributed by atoms with Gasteiger partial charge in [0.2, 0.25) is 10.0 Å². The van der Waals surface area contributed by atoms with Gasteiger partial charge in [-0.05, 0) is 49.6 Å². The van der Waals surface area contributed by atoms with Gasteiger partial charge in [-0.15, -0.1) is 0 Å². The minimum absolute atomic E-state index is 0.00798. The molecule has 0 aliphatic rings. The molecule has 0 fully saturated rings. The number of aryl methyl sites for hydroxylation is 1. The van der Waals surface area contributed by atoms with Crippen molar-refractivity contribution in [2.75, 3.05) is 13.2 Å². The lowest BCUT2D eigenvalue weighted by atomic mass is 10.1. The van der Waals surface area contributed by atoms with Crippen molar-refractivity contribution in [2.24, 2.45) is 0 Å². The Bertz CT molecular complexity index is 794. The number of ether oxygens (including phenoxy) is 1. The third-order valence-corrected chi connectivity index (χ3v) is 5.55. The molecule has 0 aliphatic heterocycles. The van der Waals surface area contributed by atoms with Gasteiger partial charge in [-0.3, -0.25) is 0 Å².